The Labute approximate surface area is 116 Å². The van der Waals surface area contributed by atoms with E-state index in [0.29, 0.717) is 6.04 Å². The number of fused-ring (bicyclic) bond motifs is 1. The first-order valence-corrected chi connectivity index (χ1v) is 6.59. The zero-order valence-corrected chi connectivity index (χ0v) is 12.2. The van der Waals surface area contributed by atoms with Gasteiger partial charge in [-0.1, -0.05) is 18.6 Å². The maximum Gasteiger partial charge on any atom is 0.163 e. The second-order valence-corrected chi connectivity index (χ2v) is 5.74. The van der Waals surface area contributed by atoms with Crippen LogP contribution in [0.2, 0.25) is 0 Å². The zero-order valence-electron chi connectivity index (χ0n) is 12.2. The number of benzene rings is 1. The van der Waals surface area contributed by atoms with E-state index in [-0.39, 0.29) is 0 Å². The molecule has 100 valence electrons. The maximum atomic E-state index is 5.82. The van der Waals surface area contributed by atoms with Gasteiger partial charge in [0.25, 0.3) is 0 Å². The molecule has 19 heavy (non-hydrogen) atoms. The second-order valence-electron chi connectivity index (χ2n) is 5.74. The van der Waals surface area contributed by atoms with E-state index in [2.05, 4.69) is 37.3 Å². The van der Waals surface area contributed by atoms with Crippen molar-refractivity contribution in [2.24, 2.45) is 0 Å². The summed E-state index contributed by atoms with van der Waals surface area (Å²) in [4.78, 5) is 2.29. The van der Waals surface area contributed by atoms with Gasteiger partial charge in [-0.05, 0) is 45.4 Å². The number of terminal acetylenes is 1. The summed E-state index contributed by atoms with van der Waals surface area (Å²) in [5, 5.41) is 0. The molecule has 1 aromatic carbocycles. The summed E-state index contributed by atoms with van der Waals surface area (Å²) in [6, 6.07) is 6.57. The summed E-state index contributed by atoms with van der Waals surface area (Å²) in [5.41, 5.74) is 2.93. The van der Waals surface area contributed by atoms with Crippen LogP contribution in [-0.4, -0.2) is 16.5 Å². The molecule has 0 unspecified atom stereocenters. The van der Waals surface area contributed by atoms with Gasteiger partial charge >= 0.3 is 0 Å². The second kappa shape index (κ2) is 4.66. The van der Waals surface area contributed by atoms with Crippen LogP contribution in [0.5, 0.6) is 5.75 Å². The van der Waals surface area contributed by atoms with Gasteiger partial charge in [-0.2, -0.15) is 0 Å². The first-order chi connectivity index (χ1) is 8.84. The van der Waals surface area contributed by atoms with Crippen LogP contribution in [0.15, 0.2) is 24.8 Å². The third-order valence-electron chi connectivity index (χ3n) is 3.42. The van der Waals surface area contributed by atoms with Crippen LogP contribution in [0.4, 0.5) is 0 Å². The highest BCUT2D eigenvalue weighted by atomic mass is 16.5. The van der Waals surface area contributed by atoms with Crippen molar-refractivity contribution in [3.8, 4) is 18.1 Å². The average molecular weight is 255 g/mol. The Morgan fingerprint density at radius 1 is 1.42 bits per heavy atom. The Bertz CT molecular complexity index is 549. The van der Waals surface area contributed by atoms with Crippen LogP contribution in [0.3, 0.4) is 0 Å². The molecule has 0 aromatic heterocycles. The predicted octanol–water partition coefficient (Wildman–Crippen LogP) is 3.67. The Morgan fingerprint density at radius 3 is 2.68 bits per heavy atom. The number of nitrogens with zero attached hydrogens (tertiary/aromatic N) is 1. The van der Waals surface area contributed by atoms with E-state index in [1.54, 1.807) is 0 Å². The third-order valence-corrected chi connectivity index (χ3v) is 3.42. The van der Waals surface area contributed by atoms with Gasteiger partial charge < -0.3 is 9.64 Å². The standard InChI is InChI=1S/C17H21NO/c1-7-17(5,6)19-15-9-8-14-11-18(12(2)3)13(4)16(14)10-15/h1,8-10,12H,4,11H2,2-3,5-6H3. The quantitative estimate of drug-likeness (QED) is 0.764. The molecule has 0 fully saturated rings. The van der Waals surface area contributed by atoms with Gasteiger partial charge in [0.2, 0.25) is 0 Å². The number of hydrogen-bond donors (Lipinski definition) is 0. The van der Waals surface area contributed by atoms with Crippen molar-refractivity contribution in [2.75, 3.05) is 0 Å². The van der Waals surface area contributed by atoms with E-state index in [9.17, 15) is 0 Å². The summed E-state index contributed by atoms with van der Waals surface area (Å²) in [6.45, 7) is 13.2. The van der Waals surface area contributed by atoms with Gasteiger partial charge in [-0.25, -0.2) is 0 Å². The Morgan fingerprint density at radius 2 is 2.11 bits per heavy atom. The topological polar surface area (TPSA) is 12.5 Å². The molecule has 0 radical (unpaired) electrons. The summed E-state index contributed by atoms with van der Waals surface area (Å²) in [7, 11) is 0. The van der Waals surface area contributed by atoms with Gasteiger partial charge in [0, 0.05) is 23.8 Å². The Kier molecular flexibility index (Phi) is 3.32. The first kappa shape index (κ1) is 13.5. The molecule has 1 aliphatic rings. The van der Waals surface area contributed by atoms with E-state index >= 15 is 0 Å². The minimum Gasteiger partial charge on any atom is -0.475 e. The third kappa shape index (κ3) is 2.61. The van der Waals surface area contributed by atoms with E-state index in [0.717, 1.165) is 18.0 Å². The average Bonchev–Trinajstić information content (AvgIpc) is 2.67. The molecule has 1 aliphatic heterocycles. The van der Waals surface area contributed by atoms with Crippen LogP contribution in [0, 0.1) is 12.3 Å². The maximum absolute atomic E-state index is 5.82. The predicted molar refractivity (Wildman–Crippen MR) is 79.7 cm³/mol. The summed E-state index contributed by atoms with van der Waals surface area (Å²) in [6.07, 6.45) is 5.46. The van der Waals surface area contributed by atoms with Crippen molar-refractivity contribution in [3.05, 3.63) is 35.9 Å². The Hall–Kier alpha value is -1.88. The normalized spacial score (nSPS) is 14.5. The zero-order chi connectivity index (χ0) is 14.2. The molecule has 1 aromatic rings. The lowest BCUT2D eigenvalue weighted by Crippen LogP contribution is -2.25. The van der Waals surface area contributed by atoms with Gasteiger partial charge in [0.1, 0.15) is 5.75 Å². The van der Waals surface area contributed by atoms with Gasteiger partial charge in [-0.3, -0.25) is 0 Å². The van der Waals surface area contributed by atoms with Gasteiger partial charge in [0.05, 0.1) is 0 Å². The molecule has 0 saturated carbocycles. The summed E-state index contributed by atoms with van der Waals surface area (Å²) >= 11 is 0. The monoisotopic (exact) mass is 255 g/mol. The molecule has 2 heteroatoms. The van der Waals surface area contributed by atoms with Crippen molar-refractivity contribution in [1.29, 1.82) is 0 Å². The largest absolute Gasteiger partial charge is 0.475 e. The smallest absolute Gasteiger partial charge is 0.163 e. The summed E-state index contributed by atoms with van der Waals surface area (Å²) < 4.78 is 5.82. The van der Waals surface area contributed by atoms with Crippen molar-refractivity contribution in [1.82, 2.24) is 4.90 Å². The number of ether oxygens (including phenoxy) is 1. The van der Waals surface area contributed by atoms with Crippen molar-refractivity contribution in [2.45, 2.75) is 45.9 Å². The molecule has 0 N–H and O–H groups in total. The van der Waals surface area contributed by atoms with Crippen LogP contribution in [0.1, 0.15) is 38.8 Å². The van der Waals surface area contributed by atoms with Crippen molar-refractivity contribution >= 4 is 5.70 Å². The SMILES string of the molecule is C#CC(C)(C)Oc1ccc2c(c1)C(=C)N(C(C)C)C2. The fourth-order valence-electron chi connectivity index (χ4n) is 2.28. The van der Waals surface area contributed by atoms with Crippen molar-refractivity contribution < 1.29 is 4.74 Å². The lowest BCUT2D eigenvalue weighted by molar-refractivity contribution is 0.172. The van der Waals surface area contributed by atoms with E-state index in [1.807, 2.05) is 26.0 Å². The molecule has 0 saturated heterocycles. The lowest BCUT2D eigenvalue weighted by Gasteiger charge is -2.24. The molecule has 2 rings (SSSR count). The van der Waals surface area contributed by atoms with Crippen LogP contribution in [-0.2, 0) is 6.54 Å². The molecule has 0 spiro atoms. The van der Waals surface area contributed by atoms with Gasteiger partial charge in [0.15, 0.2) is 5.60 Å². The Balaban J connectivity index is 2.28. The molecular weight excluding hydrogens is 234 g/mol. The first-order valence-electron chi connectivity index (χ1n) is 6.59. The molecule has 0 atom stereocenters. The minimum absolute atomic E-state index is 0.450. The highest BCUT2D eigenvalue weighted by molar-refractivity contribution is 5.70. The number of rotatable bonds is 3. The van der Waals surface area contributed by atoms with Crippen LogP contribution >= 0.6 is 0 Å². The van der Waals surface area contributed by atoms with E-state index in [1.165, 1.54) is 11.1 Å². The molecule has 2 nitrogen and oxygen atoms in total. The minimum atomic E-state index is -0.591. The molecule has 0 aliphatic carbocycles. The van der Waals surface area contributed by atoms with E-state index in [4.69, 9.17) is 11.2 Å². The fraction of sp³-hybridized carbons (Fsp3) is 0.412. The summed E-state index contributed by atoms with van der Waals surface area (Å²) in [5.74, 6) is 3.44. The highest BCUT2D eigenvalue weighted by Gasteiger charge is 2.25. The lowest BCUT2D eigenvalue weighted by atomic mass is 10.1. The molecule has 1 heterocycles. The van der Waals surface area contributed by atoms with Crippen molar-refractivity contribution in [3.63, 3.8) is 0 Å². The molecule has 0 bridgehead atoms. The van der Waals surface area contributed by atoms with Gasteiger partial charge in [-0.15, -0.1) is 6.42 Å². The van der Waals surface area contributed by atoms with Crippen LogP contribution < -0.4 is 4.74 Å². The van der Waals surface area contributed by atoms with E-state index < -0.39 is 5.60 Å². The molecule has 0 amide bonds. The molecular formula is C17H21NO. The highest BCUT2D eigenvalue weighted by Crippen LogP contribution is 2.35. The fourth-order valence-corrected chi connectivity index (χ4v) is 2.28. The number of hydrogen-bond acceptors (Lipinski definition) is 2. The van der Waals surface area contributed by atoms with Crippen LogP contribution in [0.25, 0.3) is 5.70 Å².